The number of methoxy groups -OCH3 is 1. The molecule has 0 spiro atoms. The van der Waals surface area contributed by atoms with Crippen molar-refractivity contribution < 1.29 is 77.0 Å². The zero-order chi connectivity index (χ0) is 43.3. The van der Waals surface area contributed by atoms with Gasteiger partial charge in [-0.15, -0.1) is 20.2 Å². The summed E-state index contributed by atoms with van der Waals surface area (Å²) in [6.07, 6.45) is 1.50. The van der Waals surface area contributed by atoms with Crippen molar-refractivity contribution >= 4 is 29.7 Å². The Morgan fingerprint density at radius 2 is 1.64 bits per heavy atom. The van der Waals surface area contributed by atoms with Crippen molar-refractivity contribution in [3.63, 3.8) is 0 Å². The van der Waals surface area contributed by atoms with Gasteiger partial charge in [0.05, 0.1) is 38.6 Å². The number of aliphatic hydroxyl groups is 1. The second kappa shape index (κ2) is 17.7. The van der Waals surface area contributed by atoms with Crippen LogP contribution in [0.4, 0.5) is 9.18 Å². The minimum atomic E-state index is -2.26. The fourth-order valence-electron chi connectivity index (χ4n) is 9.81. The van der Waals surface area contributed by atoms with Crippen molar-refractivity contribution in [3.05, 3.63) is 67.8 Å². The van der Waals surface area contributed by atoms with Crippen LogP contribution in [0.2, 0.25) is 0 Å². The fraction of sp³-hybridized carbons (Fsp3) is 0.615. The van der Waals surface area contributed by atoms with E-state index in [1.54, 1.807) is 20.8 Å². The van der Waals surface area contributed by atoms with Crippen molar-refractivity contribution in [1.82, 2.24) is 0 Å². The molecule has 0 aromatic heterocycles. The Hall–Kier alpha value is -5.66. The van der Waals surface area contributed by atoms with Crippen LogP contribution < -0.4 is 9.47 Å². The lowest BCUT2D eigenvalue weighted by Gasteiger charge is -2.62. The van der Waals surface area contributed by atoms with E-state index in [-0.39, 0.29) is 74.6 Å². The van der Waals surface area contributed by atoms with E-state index in [1.165, 1.54) is 43.5 Å². The second-order valence-electron chi connectivity index (χ2n) is 15.6. The van der Waals surface area contributed by atoms with E-state index in [1.807, 2.05) is 0 Å². The van der Waals surface area contributed by atoms with E-state index in [9.17, 15) is 49.3 Å². The molecule has 3 saturated carbocycles. The smallest absolute Gasteiger partial charge is 0.493 e. The molecule has 5 rings (SSSR count). The molecule has 59 heavy (non-hydrogen) atoms. The molecule has 0 bridgehead atoms. The molecule has 0 heterocycles. The average Bonchev–Trinajstić information content (AvgIpc) is 3.39. The van der Waals surface area contributed by atoms with Gasteiger partial charge in [-0.05, 0) is 88.1 Å². The highest BCUT2D eigenvalue weighted by molar-refractivity contribution is 6.01. The topological polar surface area (TPSA) is 256 Å². The molecule has 1 N–H and O–H groups in total. The second-order valence-corrected chi connectivity index (χ2v) is 15.6. The fourth-order valence-corrected chi connectivity index (χ4v) is 9.81. The third-order valence-electron chi connectivity index (χ3n) is 12.5. The summed E-state index contributed by atoms with van der Waals surface area (Å²) in [6.45, 7) is 3.29. The summed E-state index contributed by atoms with van der Waals surface area (Å²) in [7, 11) is 1.24. The number of carbonyl (C=O) groups excluding carboxylic acids is 5. The number of aliphatic hydroxyl groups excluding tert-OH is 1. The van der Waals surface area contributed by atoms with Crippen LogP contribution in [0.25, 0.3) is 0 Å². The Morgan fingerprint density at radius 3 is 2.32 bits per heavy atom. The average molecular weight is 835 g/mol. The molecule has 4 aliphatic carbocycles. The lowest BCUT2D eigenvalue weighted by molar-refractivity contribution is -0.757. The lowest BCUT2D eigenvalue weighted by Crippen LogP contribution is -2.70. The van der Waals surface area contributed by atoms with Crippen LogP contribution in [0.3, 0.4) is 0 Å². The van der Waals surface area contributed by atoms with Gasteiger partial charge in [0.25, 0.3) is 10.2 Å². The van der Waals surface area contributed by atoms with E-state index < -0.39 is 99.6 Å². The normalized spacial score (nSPS) is 30.3. The molecule has 1 aromatic carbocycles. The molecule has 4 aliphatic rings. The number of allylic oxidation sites excluding steroid dienone is 4. The van der Waals surface area contributed by atoms with E-state index in [0.717, 1.165) is 0 Å². The number of Topliss-reactive ketones (excluding diaryl/α,β-unsaturated/α-hetero) is 1. The molecule has 1 aromatic rings. The minimum absolute atomic E-state index is 0.0187. The highest BCUT2D eigenvalue weighted by Crippen LogP contribution is 2.71. The number of carbonyl (C=O) groups is 5. The van der Waals surface area contributed by atoms with Crippen molar-refractivity contribution in [2.45, 2.75) is 89.5 Å². The number of benzene rings is 1. The van der Waals surface area contributed by atoms with E-state index in [4.69, 9.17) is 23.7 Å². The Balaban J connectivity index is 1.34. The summed E-state index contributed by atoms with van der Waals surface area (Å²) in [6, 6.07) is 3.71. The maximum Gasteiger partial charge on any atom is 0.514 e. The predicted octanol–water partition coefficient (Wildman–Crippen LogP) is 4.81. The molecule has 0 saturated heterocycles. The Kier molecular flexibility index (Phi) is 13.3. The number of ether oxygens (including phenoxy) is 5. The quantitative estimate of drug-likeness (QED) is 0.0519. The van der Waals surface area contributed by atoms with Crippen LogP contribution in [0.15, 0.2) is 42.0 Å². The van der Waals surface area contributed by atoms with E-state index in [0.29, 0.717) is 12.0 Å². The predicted molar refractivity (Wildman–Crippen MR) is 196 cm³/mol. The minimum Gasteiger partial charge on any atom is -0.493 e. The molecule has 3 fully saturated rings. The monoisotopic (exact) mass is 834 g/mol. The number of nitrogens with zero attached hydrogens (tertiary/aromatic N) is 2. The number of fused-ring (bicyclic) bond motifs is 5. The molecule has 8 atom stereocenters. The molecular weight excluding hydrogens is 787 g/mol. The molecule has 0 amide bonds. The van der Waals surface area contributed by atoms with Crippen LogP contribution in [0, 0.1) is 48.8 Å². The Morgan fingerprint density at radius 1 is 0.966 bits per heavy atom. The van der Waals surface area contributed by atoms with Crippen LogP contribution in [-0.2, 0) is 38.3 Å². The first kappa shape index (κ1) is 44.4. The van der Waals surface area contributed by atoms with E-state index in [2.05, 4.69) is 9.68 Å². The zero-order valence-electron chi connectivity index (χ0n) is 33.0. The van der Waals surface area contributed by atoms with Crippen molar-refractivity contribution in [3.8, 4) is 11.5 Å². The summed E-state index contributed by atoms with van der Waals surface area (Å²) in [4.78, 5) is 95.3. The highest BCUT2D eigenvalue weighted by Gasteiger charge is 2.77. The first-order valence-electron chi connectivity index (χ1n) is 19.1. The van der Waals surface area contributed by atoms with Gasteiger partial charge >= 0.3 is 18.1 Å². The van der Waals surface area contributed by atoms with Crippen LogP contribution in [0.1, 0.15) is 82.5 Å². The van der Waals surface area contributed by atoms with Crippen LogP contribution in [-0.4, -0.2) is 95.9 Å². The number of ketones is 2. The van der Waals surface area contributed by atoms with Crippen LogP contribution in [0.5, 0.6) is 11.5 Å². The molecule has 0 radical (unpaired) electrons. The molecular formula is C39H47FN2O17. The number of hydrogen-bond donors (Lipinski definition) is 1. The van der Waals surface area contributed by atoms with Gasteiger partial charge in [-0.25, -0.2) is 14.0 Å². The first-order chi connectivity index (χ1) is 27.8. The molecule has 322 valence electrons. The number of esters is 2. The maximum atomic E-state index is 17.8. The van der Waals surface area contributed by atoms with Gasteiger partial charge in [-0.3, -0.25) is 14.4 Å². The van der Waals surface area contributed by atoms with Gasteiger partial charge < -0.3 is 38.5 Å². The molecule has 19 nitrogen and oxygen atoms in total. The van der Waals surface area contributed by atoms with Crippen molar-refractivity contribution in [2.24, 2.45) is 28.6 Å². The summed E-state index contributed by atoms with van der Waals surface area (Å²) < 4.78 is 44.9. The van der Waals surface area contributed by atoms with Gasteiger partial charge in [0.1, 0.15) is 0 Å². The SMILES string of the molecule is COc1cc(C(=O)OCCCCO[N+](=O)[O-])ccc1OC(=O)OCC(=O)[C@@]1(OC(=O)CCCO[N+](=O)[O-])[C@@H](C)C[C@H]2[C@@H]3CCC4=CC(=O)C=C[C@]4(C)[C@@]3(F)[C@@H](O)C[C@@]21C. The van der Waals surface area contributed by atoms with Crippen molar-refractivity contribution in [1.29, 1.82) is 0 Å². The number of rotatable bonds is 18. The van der Waals surface area contributed by atoms with E-state index >= 15 is 4.39 Å². The third kappa shape index (κ3) is 8.44. The zero-order valence-corrected chi connectivity index (χ0v) is 33.0. The number of unbranched alkanes of at least 4 members (excludes halogenated alkanes) is 1. The van der Waals surface area contributed by atoms with Gasteiger partial charge in [-0.2, -0.15) is 0 Å². The summed E-state index contributed by atoms with van der Waals surface area (Å²) >= 11 is 0. The lowest BCUT2D eigenvalue weighted by atomic mass is 9.44. The number of alkyl halides is 1. The molecule has 20 heteroatoms. The molecule has 0 unspecified atom stereocenters. The number of halogens is 1. The van der Waals surface area contributed by atoms with Gasteiger partial charge in [0.15, 0.2) is 35.2 Å². The summed E-state index contributed by atoms with van der Waals surface area (Å²) in [5.74, 6) is -5.43. The van der Waals surface area contributed by atoms with Crippen molar-refractivity contribution in [2.75, 3.05) is 33.5 Å². The maximum absolute atomic E-state index is 17.8. The Bertz CT molecular complexity index is 1920. The first-order valence-corrected chi connectivity index (χ1v) is 19.1. The highest BCUT2D eigenvalue weighted by atomic mass is 19.1. The Labute approximate surface area is 337 Å². The number of hydrogen-bond acceptors (Lipinski definition) is 17. The largest absolute Gasteiger partial charge is 0.514 e. The van der Waals surface area contributed by atoms with Crippen LogP contribution >= 0.6 is 0 Å². The van der Waals surface area contributed by atoms with Gasteiger partial charge in [0.2, 0.25) is 5.78 Å². The third-order valence-corrected chi connectivity index (χ3v) is 12.5. The standard InChI is InChI=1S/C39H47FN2O17/c1-23-18-28-27-11-10-25-20-26(43)13-14-36(25,2)38(27,40)31(44)21-37(28,3)39(23,59-33(46)8-7-17-57-42(51)52)32(45)22-55-35(48)58-29-12-9-24(19-30(29)53-4)34(47)54-15-5-6-16-56-41(49)50/h9,12-14,19-20,23,27-28,31,44H,5-8,10-11,15-18,21-22H2,1-4H3/t23-,27-,28-,31-,36-,37-,38-,39-/m0/s1. The van der Waals surface area contributed by atoms with Gasteiger partial charge in [0, 0.05) is 29.1 Å². The summed E-state index contributed by atoms with van der Waals surface area (Å²) in [5.41, 5.74) is -6.51. The van der Waals surface area contributed by atoms with Gasteiger partial charge in [-0.1, -0.05) is 25.5 Å². The summed E-state index contributed by atoms with van der Waals surface area (Å²) in [5, 5.41) is 30.8. The molecule has 0 aliphatic heterocycles.